The molecule has 2 atom stereocenters. The third-order valence-electron chi connectivity index (χ3n) is 3.60. The Balaban J connectivity index is 2.04. The smallest absolute Gasteiger partial charge is 0.0766 e. The third-order valence-corrected chi connectivity index (χ3v) is 3.60. The van der Waals surface area contributed by atoms with E-state index in [0.717, 1.165) is 12.1 Å². The van der Waals surface area contributed by atoms with Crippen molar-refractivity contribution in [1.82, 2.24) is 4.98 Å². The van der Waals surface area contributed by atoms with Gasteiger partial charge in [-0.15, -0.1) is 0 Å². The van der Waals surface area contributed by atoms with Gasteiger partial charge in [-0.1, -0.05) is 0 Å². The van der Waals surface area contributed by atoms with Crippen LogP contribution in [0.1, 0.15) is 25.7 Å². The first kappa shape index (κ1) is 13.1. The second kappa shape index (κ2) is 6.05. The van der Waals surface area contributed by atoms with Gasteiger partial charge >= 0.3 is 0 Å². The maximum Gasteiger partial charge on any atom is 0.0766 e. The highest BCUT2D eigenvalue weighted by atomic mass is 16.5. The summed E-state index contributed by atoms with van der Waals surface area (Å²) in [5.74, 6) is 0. The number of pyridine rings is 1. The van der Waals surface area contributed by atoms with Crippen molar-refractivity contribution < 1.29 is 4.74 Å². The number of nitrogens with zero attached hydrogens (tertiary/aromatic N) is 2. The number of hydrogen-bond donors (Lipinski definition) is 1. The molecule has 1 N–H and O–H groups in total. The molecule has 1 aliphatic rings. The van der Waals surface area contributed by atoms with Gasteiger partial charge in [-0.05, 0) is 31.7 Å². The Morgan fingerprint density at radius 2 is 2.22 bits per heavy atom. The SMILES string of the molecule is COC1CCCC(Nc2cnccc2N(C)C)C1. The van der Waals surface area contributed by atoms with Crippen LogP contribution in [-0.4, -0.2) is 38.3 Å². The molecule has 0 saturated heterocycles. The van der Waals surface area contributed by atoms with Crippen LogP contribution in [0, 0.1) is 0 Å². The van der Waals surface area contributed by atoms with Gasteiger partial charge in [0.2, 0.25) is 0 Å². The van der Waals surface area contributed by atoms with E-state index in [1.165, 1.54) is 24.9 Å². The molecule has 1 aromatic heterocycles. The largest absolute Gasteiger partial charge is 0.381 e. The average Bonchev–Trinajstić information content (AvgIpc) is 2.39. The van der Waals surface area contributed by atoms with Crippen molar-refractivity contribution in [3.63, 3.8) is 0 Å². The molecule has 2 unspecified atom stereocenters. The second-order valence-corrected chi connectivity index (χ2v) is 5.15. The first-order chi connectivity index (χ1) is 8.70. The van der Waals surface area contributed by atoms with Gasteiger partial charge in [0.15, 0.2) is 0 Å². The van der Waals surface area contributed by atoms with Gasteiger partial charge in [-0.25, -0.2) is 0 Å². The lowest BCUT2D eigenvalue weighted by atomic mass is 9.92. The van der Waals surface area contributed by atoms with Crippen LogP contribution in [0.25, 0.3) is 0 Å². The zero-order valence-corrected chi connectivity index (χ0v) is 11.5. The minimum absolute atomic E-state index is 0.399. The van der Waals surface area contributed by atoms with Crippen LogP contribution in [0.2, 0.25) is 0 Å². The zero-order chi connectivity index (χ0) is 13.0. The molecule has 1 heterocycles. The molecular weight excluding hydrogens is 226 g/mol. The van der Waals surface area contributed by atoms with E-state index < -0.39 is 0 Å². The predicted molar refractivity (Wildman–Crippen MR) is 75.2 cm³/mol. The number of hydrogen-bond acceptors (Lipinski definition) is 4. The molecule has 1 saturated carbocycles. The summed E-state index contributed by atoms with van der Waals surface area (Å²) in [6.45, 7) is 0. The van der Waals surface area contributed by atoms with Crippen LogP contribution in [0.3, 0.4) is 0 Å². The topological polar surface area (TPSA) is 37.4 Å². The van der Waals surface area contributed by atoms with Crippen LogP contribution >= 0.6 is 0 Å². The van der Waals surface area contributed by atoms with Crippen LogP contribution < -0.4 is 10.2 Å². The Kier molecular flexibility index (Phi) is 4.42. The van der Waals surface area contributed by atoms with Gasteiger partial charge in [0.25, 0.3) is 0 Å². The lowest BCUT2D eigenvalue weighted by Gasteiger charge is -2.30. The molecule has 1 aliphatic carbocycles. The summed E-state index contributed by atoms with van der Waals surface area (Å²) in [6, 6.07) is 2.53. The first-order valence-electron chi connectivity index (χ1n) is 6.61. The normalized spacial score (nSPS) is 23.7. The number of ether oxygens (including phenoxy) is 1. The highest BCUT2D eigenvalue weighted by molar-refractivity contribution is 5.68. The average molecular weight is 249 g/mol. The summed E-state index contributed by atoms with van der Waals surface area (Å²) >= 11 is 0. The molecule has 18 heavy (non-hydrogen) atoms. The monoisotopic (exact) mass is 249 g/mol. The Labute approximate surface area is 109 Å². The molecule has 0 amide bonds. The molecule has 0 aliphatic heterocycles. The van der Waals surface area contributed by atoms with Crippen molar-refractivity contribution in [2.45, 2.75) is 37.8 Å². The van der Waals surface area contributed by atoms with Crippen molar-refractivity contribution in [2.75, 3.05) is 31.4 Å². The van der Waals surface area contributed by atoms with E-state index in [2.05, 4.69) is 29.3 Å². The van der Waals surface area contributed by atoms with Gasteiger partial charge in [-0.3, -0.25) is 4.98 Å². The number of aromatic nitrogens is 1. The van der Waals surface area contributed by atoms with E-state index in [9.17, 15) is 0 Å². The van der Waals surface area contributed by atoms with Crippen LogP contribution in [-0.2, 0) is 4.74 Å². The summed E-state index contributed by atoms with van der Waals surface area (Å²) in [6.07, 6.45) is 8.84. The molecule has 2 rings (SSSR count). The van der Waals surface area contributed by atoms with Gasteiger partial charge in [0, 0.05) is 33.4 Å². The van der Waals surface area contributed by atoms with E-state index in [1.807, 2.05) is 25.6 Å². The molecule has 0 spiro atoms. The lowest BCUT2D eigenvalue weighted by Crippen LogP contribution is -2.31. The van der Waals surface area contributed by atoms with Crippen molar-refractivity contribution in [3.05, 3.63) is 18.5 Å². The minimum Gasteiger partial charge on any atom is -0.381 e. The first-order valence-corrected chi connectivity index (χ1v) is 6.61. The third kappa shape index (κ3) is 3.13. The van der Waals surface area contributed by atoms with E-state index >= 15 is 0 Å². The van der Waals surface area contributed by atoms with Crippen LogP contribution in [0.15, 0.2) is 18.5 Å². The lowest BCUT2D eigenvalue weighted by molar-refractivity contribution is 0.0669. The molecule has 4 nitrogen and oxygen atoms in total. The van der Waals surface area contributed by atoms with Gasteiger partial charge < -0.3 is 15.0 Å². The maximum absolute atomic E-state index is 5.47. The van der Waals surface area contributed by atoms with Crippen molar-refractivity contribution in [1.29, 1.82) is 0 Å². The minimum atomic E-state index is 0.399. The molecule has 0 aromatic carbocycles. The molecule has 1 fully saturated rings. The Hall–Kier alpha value is -1.29. The molecule has 4 heteroatoms. The van der Waals surface area contributed by atoms with Gasteiger partial charge in [-0.2, -0.15) is 0 Å². The molecule has 0 radical (unpaired) electrons. The number of rotatable bonds is 4. The number of anilines is 2. The van der Waals surface area contributed by atoms with Crippen molar-refractivity contribution in [3.8, 4) is 0 Å². The standard InChI is InChI=1S/C14H23N3O/c1-17(2)14-7-8-15-10-13(14)16-11-5-4-6-12(9-11)18-3/h7-8,10-12,16H,4-6,9H2,1-3H3. The van der Waals surface area contributed by atoms with E-state index in [4.69, 9.17) is 4.74 Å². The fraction of sp³-hybridized carbons (Fsp3) is 0.643. The van der Waals surface area contributed by atoms with E-state index in [1.54, 1.807) is 0 Å². The Morgan fingerprint density at radius 1 is 1.39 bits per heavy atom. The quantitative estimate of drug-likeness (QED) is 0.889. The summed E-state index contributed by atoms with van der Waals surface area (Å²) in [7, 11) is 5.92. The number of methoxy groups -OCH3 is 1. The summed E-state index contributed by atoms with van der Waals surface area (Å²) < 4.78 is 5.47. The molecular formula is C14H23N3O. The molecule has 0 bridgehead atoms. The predicted octanol–water partition coefficient (Wildman–Crippen LogP) is 2.52. The highest BCUT2D eigenvalue weighted by Gasteiger charge is 2.22. The summed E-state index contributed by atoms with van der Waals surface area (Å²) in [5.41, 5.74) is 2.30. The fourth-order valence-electron chi connectivity index (χ4n) is 2.60. The second-order valence-electron chi connectivity index (χ2n) is 5.15. The number of nitrogens with one attached hydrogen (secondary N) is 1. The van der Waals surface area contributed by atoms with Gasteiger partial charge in [0.1, 0.15) is 0 Å². The van der Waals surface area contributed by atoms with E-state index in [0.29, 0.717) is 12.1 Å². The summed E-state index contributed by atoms with van der Waals surface area (Å²) in [5, 5.41) is 3.61. The van der Waals surface area contributed by atoms with E-state index in [-0.39, 0.29) is 0 Å². The highest BCUT2D eigenvalue weighted by Crippen LogP contribution is 2.28. The maximum atomic E-state index is 5.47. The Morgan fingerprint density at radius 3 is 2.94 bits per heavy atom. The zero-order valence-electron chi connectivity index (χ0n) is 11.5. The molecule has 100 valence electrons. The van der Waals surface area contributed by atoms with Gasteiger partial charge in [0.05, 0.1) is 23.7 Å². The summed E-state index contributed by atoms with van der Waals surface area (Å²) in [4.78, 5) is 6.32. The molecule has 1 aromatic rings. The van der Waals surface area contributed by atoms with Crippen molar-refractivity contribution in [2.24, 2.45) is 0 Å². The van der Waals surface area contributed by atoms with Crippen molar-refractivity contribution >= 4 is 11.4 Å². The van der Waals surface area contributed by atoms with Crippen LogP contribution in [0.4, 0.5) is 11.4 Å². The Bertz CT molecular complexity index is 381. The fourth-order valence-corrected chi connectivity index (χ4v) is 2.60. The van der Waals surface area contributed by atoms with Crippen LogP contribution in [0.5, 0.6) is 0 Å².